The van der Waals surface area contributed by atoms with Crippen molar-refractivity contribution in [2.45, 2.75) is 60.0 Å². The smallest absolute Gasteiger partial charge is 0.253 e. The molecule has 4 aromatic rings. The number of aromatic nitrogens is 4. The number of hydrogen-bond donors (Lipinski definition) is 2. The minimum atomic E-state index is -0.219. The van der Waals surface area contributed by atoms with E-state index in [9.17, 15) is 9.59 Å². The minimum absolute atomic E-state index is 0.148. The van der Waals surface area contributed by atoms with Crippen LogP contribution in [-0.4, -0.2) is 25.4 Å². The van der Waals surface area contributed by atoms with Crippen LogP contribution in [0.5, 0.6) is 0 Å². The Morgan fingerprint density at radius 1 is 1.12 bits per heavy atom. The number of aryl methyl sites for hydroxylation is 3. The minimum Gasteiger partial charge on any atom is -0.348 e. The van der Waals surface area contributed by atoms with Gasteiger partial charge in [0.05, 0.1) is 0 Å². The first-order valence-corrected chi connectivity index (χ1v) is 11.7. The first-order valence-electron chi connectivity index (χ1n) is 11.7. The van der Waals surface area contributed by atoms with Gasteiger partial charge in [0.1, 0.15) is 5.82 Å². The van der Waals surface area contributed by atoms with Crippen LogP contribution in [0, 0.1) is 13.8 Å². The van der Waals surface area contributed by atoms with Crippen molar-refractivity contribution >= 4 is 16.8 Å². The molecule has 0 fully saturated rings. The van der Waals surface area contributed by atoms with E-state index in [1.165, 1.54) is 0 Å². The standard InChI is InChI=1S/C27H31N5O2/c1-6-7-19-10-17(4)31-27(34)24(19)15-30-26(33)23-11-20(21-13-28-18(5)29-14-21)12-25-22(23)8-9-32(25)16(2)3/h8-14,16H,6-7,15H2,1-5H3,(H,30,33)(H,31,34). The van der Waals surface area contributed by atoms with Gasteiger partial charge in [0.15, 0.2) is 0 Å². The van der Waals surface area contributed by atoms with Gasteiger partial charge >= 0.3 is 0 Å². The number of rotatable bonds is 7. The van der Waals surface area contributed by atoms with Crippen LogP contribution in [-0.2, 0) is 13.0 Å². The van der Waals surface area contributed by atoms with Crippen LogP contribution < -0.4 is 10.9 Å². The molecule has 0 saturated carbocycles. The van der Waals surface area contributed by atoms with E-state index in [1.54, 1.807) is 12.4 Å². The number of pyridine rings is 1. The first-order chi connectivity index (χ1) is 16.3. The van der Waals surface area contributed by atoms with Gasteiger partial charge in [-0.2, -0.15) is 0 Å². The number of amides is 1. The third kappa shape index (κ3) is 4.64. The number of aromatic amines is 1. The lowest BCUT2D eigenvalue weighted by molar-refractivity contribution is 0.0952. The van der Waals surface area contributed by atoms with E-state index in [2.05, 4.69) is 51.7 Å². The first kappa shape index (κ1) is 23.4. The summed E-state index contributed by atoms with van der Waals surface area (Å²) in [5.41, 5.74) is 5.52. The van der Waals surface area contributed by atoms with Gasteiger partial charge in [0.2, 0.25) is 0 Å². The number of nitrogens with one attached hydrogen (secondary N) is 2. The average molecular weight is 458 g/mol. The number of fused-ring (bicyclic) bond motifs is 1. The molecule has 0 spiro atoms. The fraction of sp³-hybridized carbons (Fsp3) is 0.333. The van der Waals surface area contributed by atoms with Gasteiger partial charge in [0, 0.05) is 64.5 Å². The summed E-state index contributed by atoms with van der Waals surface area (Å²) in [6.07, 6.45) is 7.27. The molecule has 2 N–H and O–H groups in total. The second-order valence-electron chi connectivity index (χ2n) is 9.01. The van der Waals surface area contributed by atoms with Crippen molar-refractivity contribution in [2.75, 3.05) is 0 Å². The Balaban J connectivity index is 1.74. The highest BCUT2D eigenvalue weighted by atomic mass is 16.1. The van der Waals surface area contributed by atoms with Crippen LogP contribution in [0.3, 0.4) is 0 Å². The topological polar surface area (TPSA) is 92.7 Å². The summed E-state index contributed by atoms with van der Waals surface area (Å²) < 4.78 is 2.15. The maximum atomic E-state index is 13.4. The van der Waals surface area contributed by atoms with E-state index in [4.69, 9.17) is 0 Å². The zero-order valence-corrected chi connectivity index (χ0v) is 20.4. The maximum Gasteiger partial charge on any atom is 0.253 e. The molecule has 1 amide bonds. The molecule has 4 rings (SSSR count). The summed E-state index contributed by atoms with van der Waals surface area (Å²) in [4.78, 5) is 37.5. The van der Waals surface area contributed by atoms with Gasteiger partial charge in [-0.05, 0) is 69.5 Å². The SMILES string of the molecule is CCCc1cc(C)[nH]c(=O)c1CNC(=O)c1cc(-c2cnc(C)nc2)cc2c1ccn2C(C)C. The molecule has 0 unspecified atom stereocenters. The molecule has 34 heavy (non-hydrogen) atoms. The van der Waals surface area contributed by atoms with Crippen LogP contribution in [0.15, 0.2) is 47.7 Å². The number of carbonyl (C=O) groups is 1. The van der Waals surface area contributed by atoms with E-state index in [0.717, 1.165) is 46.1 Å². The normalized spacial score (nSPS) is 11.4. The van der Waals surface area contributed by atoms with Crippen molar-refractivity contribution < 1.29 is 4.79 Å². The number of benzene rings is 1. The molecule has 1 aromatic carbocycles. The van der Waals surface area contributed by atoms with Crippen molar-refractivity contribution in [1.29, 1.82) is 0 Å². The van der Waals surface area contributed by atoms with Gasteiger partial charge in [-0.25, -0.2) is 9.97 Å². The number of hydrogen-bond acceptors (Lipinski definition) is 4. The Bertz CT molecular complexity index is 1400. The molecule has 0 aliphatic rings. The molecule has 3 aromatic heterocycles. The Morgan fingerprint density at radius 3 is 2.53 bits per heavy atom. The van der Waals surface area contributed by atoms with E-state index < -0.39 is 0 Å². The highest BCUT2D eigenvalue weighted by molar-refractivity contribution is 6.08. The Labute approximate surface area is 199 Å². The van der Waals surface area contributed by atoms with Crippen molar-refractivity contribution in [2.24, 2.45) is 0 Å². The van der Waals surface area contributed by atoms with Crippen LogP contribution in [0.4, 0.5) is 0 Å². The summed E-state index contributed by atoms with van der Waals surface area (Å²) in [6, 6.07) is 8.15. The lowest BCUT2D eigenvalue weighted by atomic mass is 10.0. The highest BCUT2D eigenvalue weighted by Crippen LogP contribution is 2.30. The van der Waals surface area contributed by atoms with E-state index in [0.29, 0.717) is 17.0 Å². The summed E-state index contributed by atoms with van der Waals surface area (Å²) in [5.74, 6) is 0.475. The summed E-state index contributed by atoms with van der Waals surface area (Å²) >= 11 is 0. The zero-order chi connectivity index (χ0) is 24.4. The molecule has 7 nitrogen and oxygen atoms in total. The fourth-order valence-corrected chi connectivity index (χ4v) is 4.34. The zero-order valence-electron chi connectivity index (χ0n) is 20.4. The maximum absolute atomic E-state index is 13.4. The molecule has 0 aliphatic heterocycles. The second kappa shape index (κ2) is 9.63. The predicted octanol–water partition coefficient (Wildman–Crippen LogP) is 4.87. The second-order valence-corrected chi connectivity index (χ2v) is 9.01. The molecule has 0 saturated heterocycles. The number of carbonyl (C=O) groups excluding carboxylic acids is 1. The molecule has 0 aliphatic carbocycles. The van der Waals surface area contributed by atoms with Crippen LogP contribution in [0.1, 0.15) is 66.2 Å². The van der Waals surface area contributed by atoms with E-state index in [1.807, 2.05) is 38.2 Å². The number of H-pyrrole nitrogens is 1. The van der Waals surface area contributed by atoms with E-state index >= 15 is 0 Å². The molecule has 0 bridgehead atoms. The molecule has 0 atom stereocenters. The number of nitrogens with zero attached hydrogens (tertiary/aromatic N) is 3. The van der Waals surface area contributed by atoms with Crippen LogP contribution in [0.2, 0.25) is 0 Å². The molecule has 7 heteroatoms. The van der Waals surface area contributed by atoms with Gasteiger partial charge in [-0.3, -0.25) is 9.59 Å². The molecule has 3 heterocycles. The molecular formula is C27H31N5O2. The molecule has 0 radical (unpaired) electrons. The average Bonchev–Trinajstić information content (AvgIpc) is 3.22. The van der Waals surface area contributed by atoms with Crippen LogP contribution in [0.25, 0.3) is 22.0 Å². The van der Waals surface area contributed by atoms with Crippen molar-refractivity contribution in [1.82, 2.24) is 24.8 Å². The summed E-state index contributed by atoms with van der Waals surface area (Å²) in [7, 11) is 0. The van der Waals surface area contributed by atoms with Gasteiger partial charge in [0.25, 0.3) is 11.5 Å². The lowest BCUT2D eigenvalue weighted by Crippen LogP contribution is -2.28. The Morgan fingerprint density at radius 2 is 1.85 bits per heavy atom. The molecular weight excluding hydrogens is 426 g/mol. The van der Waals surface area contributed by atoms with Gasteiger partial charge < -0.3 is 14.9 Å². The van der Waals surface area contributed by atoms with Crippen molar-refractivity contribution in [3.63, 3.8) is 0 Å². The van der Waals surface area contributed by atoms with E-state index in [-0.39, 0.29) is 24.1 Å². The summed E-state index contributed by atoms with van der Waals surface area (Å²) in [5, 5.41) is 3.86. The monoisotopic (exact) mass is 457 g/mol. The highest BCUT2D eigenvalue weighted by Gasteiger charge is 2.18. The van der Waals surface area contributed by atoms with Crippen molar-refractivity contribution in [3.05, 3.63) is 81.4 Å². The Hall–Kier alpha value is -3.74. The van der Waals surface area contributed by atoms with Crippen LogP contribution >= 0.6 is 0 Å². The Kier molecular flexibility index (Phi) is 6.63. The largest absolute Gasteiger partial charge is 0.348 e. The van der Waals surface area contributed by atoms with Crippen molar-refractivity contribution in [3.8, 4) is 11.1 Å². The third-order valence-electron chi connectivity index (χ3n) is 6.06. The van der Waals surface area contributed by atoms with Gasteiger partial charge in [-0.15, -0.1) is 0 Å². The molecule has 176 valence electrons. The van der Waals surface area contributed by atoms with Gasteiger partial charge in [-0.1, -0.05) is 13.3 Å². The predicted molar refractivity (Wildman–Crippen MR) is 135 cm³/mol. The lowest BCUT2D eigenvalue weighted by Gasteiger charge is -2.14. The fourth-order valence-electron chi connectivity index (χ4n) is 4.34. The summed E-state index contributed by atoms with van der Waals surface area (Å²) in [6.45, 7) is 10.2. The third-order valence-corrected chi connectivity index (χ3v) is 6.06. The quantitative estimate of drug-likeness (QED) is 0.414.